The maximum Gasteiger partial charge on any atom is 0.315 e. The van der Waals surface area contributed by atoms with Crippen molar-refractivity contribution in [2.45, 2.75) is 39.7 Å². The summed E-state index contributed by atoms with van der Waals surface area (Å²) < 4.78 is 1.55. The van der Waals surface area contributed by atoms with Crippen molar-refractivity contribution in [2.24, 2.45) is 5.92 Å². The molecule has 0 radical (unpaired) electrons. The van der Waals surface area contributed by atoms with Crippen LogP contribution in [0.3, 0.4) is 0 Å². The zero-order valence-corrected chi connectivity index (χ0v) is 10.7. The molecule has 1 rings (SSSR count). The first-order valence-corrected chi connectivity index (χ1v) is 5.70. The van der Waals surface area contributed by atoms with Gasteiger partial charge >= 0.3 is 5.97 Å². The number of hydrogen-bond acceptors (Lipinski definition) is 2. The van der Waals surface area contributed by atoms with Crippen LogP contribution in [0.25, 0.3) is 0 Å². The van der Waals surface area contributed by atoms with Crippen molar-refractivity contribution in [3.63, 3.8) is 0 Å². The van der Waals surface area contributed by atoms with E-state index in [1.165, 1.54) is 6.07 Å². The number of carboxylic acid groups (broad SMARTS) is 1. The summed E-state index contributed by atoms with van der Waals surface area (Å²) in [5.41, 5.74) is -0.660. The van der Waals surface area contributed by atoms with Crippen LogP contribution in [-0.2, 0) is 16.8 Å². The Kier molecular flexibility index (Phi) is 3.76. The lowest BCUT2D eigenvalue weighted by molar-refractivity contribution is -0.142. The minimum atomic E-state index is -1.06. The van der Waals surface area contributed by atoms with E-state index in [4.69, 9.17) is 0 Å². The average Bonchev–Trinajstić information content (AvgIpc) is 2.19. The van der Waals surface area contributed by atoms with Gasteiger partial charge in [-0.1, -0.05) is 19.9 Å². The lowest BCUT2D eigenvalue weighted by Crippen LogP contribution is -2.37. The monoisotopic (exact) mass is 237 g/mol. The Hall–Kier alpha value is -1.58. The third-order valence-corrected chi connectivity index (χ3v) is 2.77. The molecule has 1 aromatic rings. The predicted molar refractivity (Wildman–Crippen MR) is 66.2 cm³/mol. The lowest BCUT2D eigenvalue weighted by atomic mass is 9.88. The molecule has 0 aliphatic carbocycles. The molecular weight excluding hydrogens is 218 g/mol. The molecule has 1 heterocycles. The van der Waals surface area contributed by atoms with E-state index in [1.54, 1.807) is 30.5 Å². The van der Waals surface area contributed by atoms with E-state index in [1.807, 2.05) is 13.8 Å². The first-order chi connectivity index (χ1) is 7.76. The summed E-state index contributed by atoms with van der Waals surface area (Å²) in [7, 11) is 0. The van der Waals surface area contributed by atoms with E-state index < -0.39 is 11.4 Å². The molecule has 0 unspecified atom stereocenters. The van der Waals surface area contributed by atoms with Crippen LogP contribution in [0.5, 0.6) is 0 Å². The molecule has 0 amide bonds. The van der Waals surface area contributed by atoms with Crippen molar-refractivity contribution in [3.05, 3.63) is 34.2 Å². The van der Waals surface area contributed by atoms with Gasteiger partial charge in [0.15, 0.2) is 0 Å². The molecule has 1 aromatic heterocycles. The summed E-state index contributed by atoms with van der Waals surface area (Å²) in [6, 6.07) is 4.78. The highest BCUT2D eigenvalue weighted by molar-refractivity contribution is 5.79. The number of rotatable bonds is 4. The molecule has 0 fully saturated rings. The van der Waals surface area contributed by atoms with E-state index in [9.17, 15) is 14.7 Å². The Bertz CT molecular complexity index is 472. The molecule has 0 aromatic carbocycles. The third kappa shape index (κ3) is 2.75. The summed E-state index contributed by atoms with van der Waals surface area (Å²) in [6.45, 7) is 7.75. The molecule has 17 heavy (non-hydrogen) atoms. The highest BCUT2D eigenvalue weighted by Crippen LogP contribution is 2.22. The Morgan fingerprint density at radius 2 is 2.00 bits per heavy atom. The molecule has 4 heteroatoms. The van der Waals surface area contributed by atoms with Crippen LogP contribution in [0.4, 0.5) is 0 Å². The molecule has 0 aliphatic rings. The summed E-state index contributed by atoms with van der Waals surface area (Å²) in [4.78, 5) is 23.1. The fraction of sp³-hybridized carbons (Fsp3) is 0.538. The van der Waals surface area contributed by atoms with Crippen molar-refractivity contribution in [1.29, 1.82) is 0 Å². The lowest BCUT2D eigenvalue weighted by Gasteiger charge is -2.24. The first kappa shape index (κ1) is 13.5. The average molecular weight is 237 g/mol. The number of aromatic nitrogens is 1. The topological polar surface area (TPSA) is 59.3 Å². The smallest absolute Gasteiger partial charge is 0.315 e. The van der Waals surface area contributed by atoms with Crippen molar-refractivity contribution in [2.75, 3.05) is 0 Å². The molecule has 94 valence electrons. The highest BCUT2D eigenvalue weighted by Gasteiger charge is 2.32. The van der Waals surface area contributed by atoms with Gasteiger partial charge in [-0.05, 0) is 25.8 Å². The number of nitrogens with zero attached hydrogens (tertiary/aromatic N) is 1. The molecule has 0 bridgehead atoms. The van der Waals surface area contributed by atoms with Gasteiger partial charge in [-0.2, -0.15) is 0 Å². The zero-order chi connectivity index (χ0) is 13.2. The third-order valence-electron chi connectivity index (χ3n) is 2.77. The van der Waals surface area contributed by atoms with Crippen LogP contribution >= 0.6 is 0 Å². The fourth-order valence-corrected chi connectivity index (χ4v) is 1.73. The van der Waals surface area contributed by atoms with E-state index in [-0.39, 0.29) is 5.56 Å². The second-order valence-corrected chi connectivity index (χ2v) is 5.18. The molecule has 1 N–H and O–H groups in total. The Morgan fingerprint density at radius 3 is 2.47 bits per heavy atom. The van der Waals surface area contributed by atoms with Gasteiger partial charge in [-0.3, -0.25) is 9.59 Å². The van der Waals surface area contributed by atoms with Crippen LogP contribution in [-0.4, -0.2) is 15.6 Å². The van der Waals surface area contributed by atoms with Gasteiger partial charge in [0.1, 0.15) is 5.41 Å². The van der Waals surface area contributed by atoms with Crippen molar-refractivity contribution < 1.29 is 9.90 Å². The van der Waals surface area contributed by atoms with Gasteiger partial charge in [0.05, 0.1) is 0 Å². The second-order valence-electron chi connectivity index (χ2n) is 5.18. The molecule has 0 aliphatic heterocycles. The summed E-state index contributed by atoms with van der Waals surface area (Å²) in [5.74, 6) is -0.640. The van der Waals surface area contributed by atoms with Gasteiger partial charge in [-0.25, -0.2) is 0 Å². The van der Waals surface area contributed by atoms with E-state index in [0.29, 0.717) is 18.2 Å². The summed E-state index contributed by atoms with van der Waals surface area (Å²) in [5, 5.41) is 9.23. The second kappa shape index (κ2) is 4.73. The normalized spacial score (nSPS) is 11.8. The molecule has 0 atom stereocenters. The minimum absolute atomic E-state index is 0.148. The number of pyridine rings is 1. The zero-order valence-electron chi connectivity index (χ0n) is 10.7. The number of hydrogen-bond donors (Lipinski definition) is 1. The SMILES string of the molecule is CC(C)Cn1c(C(C)(C)C(=O)O)cccc1=O. The van der Waals surface area contributed by atoms with Gasteiger partial charge in [-0.15, -0.1) is 0 Å². The van der Waals surface area contributed by atoms with E-state index in [2.05, 4.69) is 0 Å². The van der Waals surface area contributed by atoms with Crippen molar-refractivity contribution >= 4 is 5.97 Å². The van der Waals surface area contributed by atoms with Gasteiger partial charge in [0.2, 0.25) is 0 Å². The van der Waals surface area contributed by atoms with Gasteiger partial charge in [0.25, 0.3) is 5.56 Å². The molecule has 4 nitrogen and oxygen atoms in total. The molecule has 0 saturated heterocycles. The molecule has 0 spiro atoms. The maximum atomic E-state index is 11.8. The molecule has 0 saturated carbocycles. The number of carbonyl (C=O) groups is 1. The van der Waals surface area contributed by atoms with Crippen LogP contribution in [0, 0.1) is 5.92 Å². The van der Waals surface area contributed by atoms with Gasteiger partial charge < -0.3 is 9.67 Å². The van der Waals surface area contributed by atoms with E-state index >= 15 is 0 Å². The van der Waals surface area contributed by atoms with Crippen LogP contribution in [0.2, 0.25) is 0 Å². The van der Waals surface area contributed by atoms with Crippen LogP contribution in [0.1, 0.15) is 33.4 Å². The van der Waals surface area contributed by atoms with E-state index in [0.717, 1.165) is 0 Å². The standard InChI is InChI=1S/C13H19NO3/c1-9(2)8-14-10(6-5-7-11(14)15)13(3,4)12(16)17/h5-7,9H,8H2,1-4H3,(H,16,17). The predicted octanol–water partition coefficient (Wildman–Crippen LogP) is 1.87. The number of aliphatic carboxylic acids is 1. The van der Waals surface area contributed by atoms with Crippen LogP contribution < -0.4 is 5.56 Å². The van der Waals surface area contributed by atoms with Crippen molar-refractivity contribution in [1.82, 2.24) is 4.57 Å². The van der Waals surface area contributed by atoms with Crippen LogP contribution in [0.15, 0.2) is 23.0 Å². The van der Waals surface area contributed by atoms with Gasteiger partial charge in [0, 0.05) is 18.3 Å². The Balaban J connectivity index is 3.38. The summed E-state index contributed by atoms with van der Waals surface area (Å²) >= 11 is 0. The maximum absolute atomic E-state index is 11.8. The Morgan fingerprint density at radius 1 is 1.41 bits per heavy atom. The molecular formula is C13H19NO3. The number of carboxylic acids is 1. The minimum Gasteiger partial charge on any atom is -0.481 e. The fourth-order valence-electron chi connectivity index (χ4n) is 1.73. The highest BCUT2D eigenvalue weighted by atomic mass is 16.4. The largest absolute Gasteiger partial charge is 0.481 e. The first-order valence-electron chi connectivity index (χ1n) is 5.70. The Labute approximate surface area is 101 Å². The quantitative estimate of drug-likeness (QED) is 0.869. The summed E-state index contributed by atoms with van der Waals surface area (Å²) in [6.07, 6.45) is 0. The van der Waals surface area contributed by atoms with Crippen molar-refractivity contribution in [3.8, 4) is 0 Å².